The minimum Gasteiger partial charge on any atom is -0.340 e. The fourth-order valence-electron chi connectivity index (χ4n) is 2.72. The molecule has 110 valence electrons. The van der Waals surface area contributed by atoms with E-state index in [1.54, 1.807) is 0 Å². The molecule has 2 heterocycles. The summed E-state index contributed by atoms with van der Waals surface area (Å²) in [5.74, 6) is -0.0548. The molecule has 3 rings (SSSR count). The lowest BCUT2D eigenvalue weighted by atomic mass is 10.1. The van der Waals surface area contributed by atoms with E-state index in [9.17, 15) is 4.79 Å². The Kier molecular flexibility index (Phi) is 4.41. The molecule has 0 bridgehead atoms. The molecule has 1 aromatic carbocycles. The Morgan fingerprint density at radius 2 is 1.90 bits per heavy atom. The van der Waals surface area contributed by atoms with Crippen molar-refractivity contribution in [1.29, 1.82) is 0 Å². The number of rotatable bonds is 3. The summed E-state index contributed by atoms with van der Waals surface area (Å²) in [5, 5.41) is 6.31. The number of anilines is 1. The van der Waals surface area contributed by atoms with Crippen LogP contribution in [0.2, 0.25) is 0 Å². The topological polar surface area (TPSA) is 46.1 Å². The smallest absolute Gasteiger partial charge is 0.272 e. The monoisotopic (exact) mass is 347 g/mol. The van der Waals surface area contributed by atoms with Crippen molar-refractivity contribution in [2.45, 2.75) is 18.9 Å². The van der Waals surface area contributed by atoms with Crippen LogP contribution in [0, 0.1) is 0 Å². The number of nitrogens with zero attached hydrogens (tertiary/aromatic N) is 1. The highest BCUT2D eigenvalue weighted by molar-refractivity contribution is 9.10. The van der Waals surface area contributed by atoms with Gasteiger partial charge in [0.15, 0.2) is 0 Å². The van der Waals surface area contributed by atoms with Crippen LogP contribution in [0.1, 0.15) is 29.4 Å². The van der Waals surface area contributed by atoms with Crippen molar-refractivity contribution in [2.75, 3.05) is 18.4 Å². The van der Waals surface area contributed by atoms with Crippen LogP contribution in [0.15, 0.2) is 47.1 Å². The van der Waals surface area contributed by atoms with Gasteiger partial charge in [0.1, 0.15) is 5.69 Å². The lowest BCUT2D eigenvalue weighted by Crippen LogP contribution is -2.31. The quantitative estimate of drug-likeness (QED) is 0.893. The van der Waals surface area contributed by atoms with Gasteiger partial charge in [0.25, 0.3) is 5.91 Å². The van der Waals surface area contributed by atoms with E-state index in [1.165, 1.54) is 0 Å². The number of amides is 1. The molecular weight excluding hydrogens is 330 g/mol. The highest BCUT2D eigenvalue weighted by Crippen LogP contribution is 2.22. The molecule has 0 unspecified atom stereocenters. The molecule has 0 atom stereocenters. The number of hydrogen-bond donors (Lipinski definition) is 2. The lowest BCUT2D eigenvalue weighted by molar-refractivity contribution is 0.101. The first-order valence-corrected chi connectivity index (χ1v) is 7.98. The summed E-state index contributed by atoms with van der Waals surface area (Å²) in [6.07, 6.45) is 4.13. The second-order valence-corrected chi connectivity index (χ2v) is 6.16. The molecule has 0 spiro atoms. The van der Waals surface area contributed by atoms with Gasteiger partial charge < -0.3 is 15.2 Å². The predicted molar refractivity (Wildman–Crippen MR) is 87.7 cm³/mol. The third-order valence-corrected chi connectivity index (χ3v) is 4.34. The Morgan fingerprint density at radius 1 is 1.19 bits per heavy atom. The second kappa shape index (κ2) is 6.45. The molecular formula is C16H18BrN3O. The van der Waals surface area contributed by atoms with Crippen molar-refractivity contribution in [3.8, 4) is 0 Å². The molecule has 0 radical (unpaired) electrons. The van der Waals surface area contributed by atoms with Gasteiger partial charge in [-0.3, -0.25) is 4.79 Å². The average Bonchev–Trinajstić information content (AvgIpc) is 3.00. The molecule has 1 aliphatic rings. The summed E-state index contributed by atoms with van der Waals surface area (Å²) >= 11 is 3.39. The second-order valence-electron chi connectivity index (χ2n) is 5.24. The molecule has 21 heavy (non-hydrogen) atoms. The number of aromatic nitrogens is 1. The molecule has 1 fully saturated rings. The predicted octanol–water partition coefficient (Wildman–Crippen LogP) is 3.43. The normalized spacial score (nSPS) is 15.9. The van der Waals surface area contributed by atoms with Crippen LogP contribution in [-0.4, -0.2) is 23.6 Å². The van der Waals surface area contributed by atoms with Crippen molar-refractivity contribution >= 4 is 27.5 Å². The van der Waals surface area contributed by atoms with Gasteiger partial charge >= 0.3 is 0 Å². The van der Waals surface area contributed by atoms with Gasteiger partial charge in [-0.05, 0) is 62.3 Å². The Hall–Kier alpha value is -1.59. The summed E-state index contributed by atoms with van der Waals surface area (Å²) in [4.78, 5) is 12.5. The van der Waals surface area contributed by atoms with Gasteiger partial charge in [0, 0.05) is 22.4 Å². The number of carbonyl (C=O) groups is 1. The summed E-state index contributed by atoms with van der Waals surface area (Å²) in [6.45, 7) is 2.02. The van der Waals surface area contributed by atoms with E-state index in [1.807, 2.05) is 42.6 Å². The maximum absolute atomic E-state index is 12.5. The third kappa shape index (κ3) is 3.36. The zero-order chi connectivity index (χ0) is 14.7. The summed E-state index contributed by atoms with van der Waals surface area (Å²) in [7, 11) is 0. The minimum absolute atomic E-state index is 0.0548. The Morgan fingerprint density at radius 3 is 2.62 bits per heavy atom. The summed E-state index contributed by atoms with van der Waals surface area (Å²) in [5.41, 5.74) is 1.53. The van der Waals surface area contributed by atoms with Crippen LogP contribution >= 0.6 is 15.9 Å². The summed E-state index contributed by atoms with van der Waals surface area (Å²) < 4.78 is 3.10. The SMILES string of the molecule is O=C(Nc1ccc(Br)cc1)c1cccn1C1CCNCC1. The van der Waals surface area contributed by atoms with Crippen LogP contribution in [0.25, 0.3) is 0 Å². The van der Waals surface area contributed by atoms with E-state index in [2.05, 4.69) is 31.1 Å². The van der Waals surface area contributed by atoms with Crippen molar-refractivity contribution in [3.63, 3.8) is 0 Å². The zero-order valence-corrected chi connectivity index (χ0v) is 13.3. The van der Waals surface area contributed by atoms with Gasteiger partial charge in [0.05, 0.1) is 0 Å². The van der Waals surface area contributed by atoms with Gasteiger partial charge in [-0.1, -0.05) is 15.9 Å². The van der Waals surface area contributed by atoms with E-state index in [4.69, 9.17) is 0 Å². The molecule has 1 aromatic heterocycles. The molecule has 0 saturated carbocycles. The van der Waals surface area contributed by atoms with E-state index >= 15 is 0 Å². The van der Waals surface area contributed by atoms with Crippen LogP contribution < -0.4 is 10.6 Å². The largest absolute Gasteiger partial charge is 0.340 e. The van der Waals surface area contributed by atoms with Crippen LogP contribution in [0.3, 0.4) is 0 Å². The fourth-order valence-corrected chi connectivity index (χ4v) is 2.98. The van der Waals surface area contributed by atoms with E-state index in [-0.39, 0.29) is 5.91 Å². The maximum Gasteiger partial charge on any atom is 0.272 e. The molecule has 4 nitrogen and oxygen atoms in total. The highest BCUT2D eigenvalue weighted by atomic mass is 79.9. The Balaban J connectivity index is 1.75. The number of nitrogens with one attached hydrogen (secondary N) is 2. The van der Waals surface area contributed by atoms with E-state index < -0.39 is 0 Å². The molecule has 0 aliphatic carbocycles. The average molecular weight is 348 g/mol. The lowest BCUT2D eigenvalue weighted by Gasteiger charge is -2.25. The first-order chi connectivity index (χ1) is 10.2. The van der Waals surface area contributed by atoms with Crippen LogP contribution in [0.5, 0.6) is 0 Å². The van der Waals surface area contributed by atoms with Gasteiger partial charge in [-0.2, -0.15) is 0 Å². The number of piperidine rings is 1. The van der Waals surface area contributed by atoms with E-state index in [0.717, 1.165) is 41.8 Å². The van der Waals surface area contributed by atoms with E-state index in [0.29, 0.717) is 6.04 Å². The number of hydrogen-bond acceptors (Lipinski definition) is 2. The Labute approximate surface area is 132 Å². The number of halogens is 1. The molecule has 2 aromatic rings. The molecule has 1 aliphatic heterocycles. The standard InChI is InChI=1S/C16H18BrN3O/c17-12-3-5-13(6-4-12)19-16(21)15-2-1-11-20(15)14-7-9-18-10-8-14/h1-6,11,14,18H,7-10H2,(H,19,21). The third-order valence-electron chi connectivity index (χ3n) is 3.82. The molecule has 1 saturated heterocycles. The number of benzene rings is 1. The molecule has 2 N–H and O–H groups in total. The van der Waals surface area contributed by atoms with Crippen molar-refractivity contribution in [1.82, 2.24) is 9.88 Å². The van der Waals surface area contributed by atoms with Crippen molar-refractivity contribution in [2.24, 2.45) is 0 Å². The highest BCUT2D eigenvalue weighted by Gasteiger charge is 2.19. The van der Waals surface area contributed by atoms with Crippen LogP contribution in [0.4, 0.5) is 5.69 Å². The first-order valence-electron chi connectivity index (χ1n) is 7.18. The van der Waals surface area contributed by atoms with Gasteiger partial charge in [0.2, 0.25) is 0 Å². The first kappa shape index (κ1) is 14.4. The van der Waals surface area contributed by atoms with Gasteiger partial charge in [-0.15, -0.1) is 0 Å². The molecule has 5 heteroatoms. The van der Waals surface area contributed by atoms with Crippen LogP contribution in [-0.2, 0) is 0 Å². The number of carbonyl (C=O) groups excluding carboxylic acids is 1. The molecule has 1 amide bonds. The fraction of sp³-hybridized carbons (Fsp3) is 0.312. The van der Waals surface area contributed by atoms with Gasteiger partial charge in [-0.25, -0.2) is 0 Å². The summed E-state index contributed by atoms with van der Waals surface area (Å²) in [6, 6.07) is 11.9. The zero-order valence-electron chi connectivity index (χ0n) is 11.7. The maximum atomic E-state index is 12.5. The van der Waals surface area contributed by atoms with Crippen molar-refractivity contribution < 1.29 is 4.79 Å². The Bertz CT molecular complexity index is 615. The minimum atomic E-state index is -0.0548. The van der Waals surface area contributed by atoms with Crippen molar-refractivity contribution in [3.05, 3.63) is 52.8 Å².